The Balaban J connectivity index is 2.08. The van der Waals surface area contributed by atoms with Crippen LogP contribution in [0.15, 0.2) is 12.2 Å². The Bertz CT molecular complexity index is 364. The second kappa shape index (κ2) is 11.2. The van der Waals surface area contributed by atoms with E-state index in [0.29, 0.717) is 25.7 Å². The fraction of sp³-hybridized carbons (Fsp3) is 0.750. The van der Waals surface area contributed by atoms with E-state index in [-0.39, 0.29) is 0 Å². The van der Waals surface area contributed by atoms with Gasteiger partial charge in [-0.3, -0.25) is 4.90 Å². The van der Waals surface area contributed by atoms with Crippen LogP contribution in [0.25, 0.3) is 0 Å². The Labute approximate surface area is 132 Å². The molecule has 126 valence electrons. The molecular weight excluding hydrogens is 286 g/mol. The smallest absolute Gasteiger partial charge is 0.331 e. The minimum Gasteiger partial charge on any atom is -0.463 e. The SMILES string of the molecule is CCC(C)CCOC(=O)/C=C/C(=O)OCCN1CCOCC1. The van der Waals surface area contributed by atoms with Gasteiger partial charge in [0.25, 0.3) is 0 Å². The zero-order valence-electron chi connectivity index (χ0n) is 13.6. The summed E-state index contributed by atoms with van der Waals surface area (Å²) in [5, 5.41) is 0. The highest BCUT2D eigenvalue weighted by atomic mass is 16.5. The molecule has 0 aromatic carbocycles. The molecule has 1 rings (SSSR count). The third kappa shape index (κ3) is 8.79. The van der Waals surface area contributed by atoms with E-state index in [2.05, 4.69) is 18.7 Å². The molecule has 1 fully saturated rings. The van der Waals surface area contributed by atoms with E-state index in [4.69, 9.17) is 14.2 Å². The van der Waals surface area contributed by atoms with Crippen molar-refractivity contribution in [3.8, 4) is 0 Å². The molecule has 0 aromatic heterocycles. The highest BCUT2D eigenvalue weighted by Gasteiger charge is 2.10. The largest absolute Gasteiger partial charge is 0.463 e. The molecule has 1 aliphatic heterocycles. The second-order valence-corrected chi connectivity index (χ2v) is 5.42. The monoisotopic (exact) mass is 313 g/mol. The number of morpholine rings is 1. The first-order chi connectivity index (χ1) is 10.6. The number of carbonyl (C=O) groups excluding carboxylic acids is 2. The number of rotatable bonds is 9. The molecule has 0 radical (unpaired) electrons. The molecule has 0 saturated carbocycles. The molecule has 1 saturated heterocycles. The quantitative estimate of drug-likeness (QED) is 0.473. The maximum atomic E-state index is 11.5. The normalized spacial score (nSPS) is 17.4. The summed E-state index contributed by atoms with van der Waals surface area (Å²) in [4.78, 5) is 25.0. The zero-order chi connectivity index (χ0) is 16.2. The Kier molecular flexibility index (Phi) is 9.50. The van der Waals surface area contributed by atoms with E-state index >= 15 is 0 Å². The summed E-state index contributed by atoms with van der Waals surface area (Å²) in [5.74, 6) is -0.498. The molecular formula is C16H27NO5. The van der Waals surface area contributed by atoms with Crippen LogP contribution in [0.2, 0.25) is 0 Å². The maximum Gasteiger partial charge on any atom is 0.331 e. The van der Waals surface area contributed by atoms with Gasteiger partial charge in [0.05, 0.1) is 19.8 Å². The lowest BCUT2D eigenvalue weighted by atomic mass is 10.1. The maximum absolute atomic E-state index is 11.5. The van der Waals surface area contributed by atoms with Crippen LogP contribution in [0.3, 0.4) is 0 Å². The summed E-state index contributed by atoms with van der Waals surface area (Å²) in [5.41, 5.74) is 0. The number of ether oxygens (including phenoxy) is 3. The first kappa shape index (κ1) is 18.6. The van der Waals surface area contributed by atoms with E-state index in [1.807, 2.05) is 0 Å². The van der Waals surface area contributed by atoms with E-state index < -0.39 is 11.9 Å². The average molecular weight is 313 g/mol. The van der Waals surface area contributed by atoms with Gasteiger partial charge in [-0.1, -0.05) is 20.3 Å². The molecule has 1 aliphatic rings. The van der Waals surface area contributed by atoms with E-state index in [1.54, 1.807) is 0 Å². The summed E-state index contributed by atoms with van der Waals surface area (Å²) in [6.45, 7) is 8.73. The second-order valence-electron chi connectivity index (χ2n) is 5.42. The fourth-order valence-electron chi connectivity index (χ4n) is 1.90. The highest BCUT2D eigenvalue weighted by molar-refractivity contribution is 5.91. The van der Waals surface area contributed by atoms with E-state index in [1.165, 1.54) is 0 Å². The molecule has 22 heavy (non-hydrogen) atoms. The molecule has 0 N–H and O–H groups in total. The van der Waals surface area contributed by atoms with Gasteiger partial charge in [-0.2, -0.15) is 0 Å². The van der Waals surface area contributed by atoms with Crippen LogP contribution in [0, 0.1) is 5.92 Å². The van der Waals surface area contributed by atoms with Gasteiger partial charge in [-0.05, 0) is 12.3 Å². The van der Waals surface area contributed by atoms with Gasteiger partial charge in [0.2, 0.25) is 0 Å². The van der Waals surface area contributed by atoms with Crippen LogP contribution in [0.1, 0.15) is 26.7 Å². The zero-order valence-corrected chi connectivity index (χ0v) is 13.6. The summed E-state index contributed by atoms with van der Waals surface area (Å²) in [6, 6.07) is 0. The summed E-state index contributed by atoms with van der Waals surface area (Å²) < 4.78 is 15.3. The fourth-order valence-corrected chi connectivity index (χ4v) is 1.90. The van der Waals surface area contributed by atoms with Gasteiger partial charge in [0.15, 0.2) is 0 Å². The van der Waals surface area contributed by atoms with E-state index in [0.717, 1.165) is 51.3 Å². The standard InChI is InChI=1S/C16H27NO5/c1-3-14(2)6-10-21-15(18)4-5-16(19)22-13-9-17-7-11-20-12-8-17/h4-5,14H,3,6-13H2,1-2H3/b5-4+. The number of esters is 2. The van der Waals surface area contributed by atoms with Crippen LogP contribution in [-0.2, 0) is 23.8 Å². The van der Waals surface area contributed by atoms with Crippen molar-refractivity contribution in [2.45, 2.75) is 26.7 Å². The Hall–Kier alpha value is -1.40. The lowest BCUT2D eigenvalue weighted by Gasteiger charge is -2.25. The first-order valence-corrected chi connectivity index (χ1v) is 7.93. The van der Waals surface area contributed by atoms with Crippen molar-refractivity contribution < 1.29 is 23.8 Å². The van der Waals surface area contributed by atoms with Gasteiger partial charge in [0, 0.05) is 31.8 Å². The number of nitrogens with zero attached hydrogens (tertiary/aromatic N) is 1. The van der Waals surface area contributed by atoms with Gasteiger partial charge in [0.1, 0.15) is 6.61 Å². The Morgan fingerprint density at radius 1 is 1.14 bits per heavy atom. The third-order valence-electron chi connectivity index (χ3n) is 3.66. The summed E-state index contributed by atoms with van der Waals surface area (Å²) in [6.07, 6.45) is 4.13. The van der Waals surface area contributed by atoms with Crippen LogP contribution in [-0.4, -0.2) is 62.9 Å². The number of hydrogen-bond donors (Lipinski definition) is 0. The van der Waals surface area contributed by atoms with Gasteiger partial charge < -0.3 is 14.2 Å². The van der Waals surface area contributed by atoms with E-state index in [9.17, 15) is 9.59 Å². The lowest BCUT2D eigenvalue weighted by Crippen LogP contribution is -2.38. The van der Waals surface area contributed by atoms with Crippen LogP contribution in [0.4, 0.5) is 0 Å². The van der Waals surface area contributed by atoms with Gasteiger partial charge >= 0.3 is 11.9 Å². The first-order valence-electron chi connectivity index (χ1n) is 7.93. The van der Waals surface area contributed by atoms with Crippen molar-refractivity contribution in [2.75, 3.05) is 46.1 Å². The van der Waals surface area contributed by atoms with Crippen LogP contribution < -0.4 is 0 Å². The third-order valence-corrected chi connectivity index (χ3v) is 3.66. The molecule has 6 heteroatoms. The minimum atomic E-state index is -0.521. The molecule has 0 bridgehead atoms. The molecule has 1 unspecified atom stereocenters. The van der Waals surface area contributed by atoms with Crippen molar-refractivity contribution in [2.24, 2.45) is 5.92 Å². The molecule has 6 nitrogen and oxygen atoms in total. The highest BCUT2D eigenvalue weighted by Crippen LogP contribution is 2.05. The molecule has 0 aromatic rings. The lowest BCUT2D eigenvalue weighted by molar-refractivity contribution is -0.141. The van der Waals surface area contributed by atoms with Crippen molar-refractivity contribution in [3.05, 3.63) is 12.2 Å². The van der Waals surface area contributed by atoms with Gasteiger partial charge in [-0.15, -0.1) is 0 Å². The van der Waals surface area contributed by atoms with Gasteiger partial charge in [-0.25, -0.2) is 9.59 Å². The Morgan fingerprint density at radius 3 is 2.32 bits per heavy atom. The van der Waals surface area contributed by atoms with Crippen LogP contribution in [0.5, 0.6) is 0 Å². The van der Waals surface area contributed by atoms with Crippen molar-refractivity contribution in [3.63, 3.8) is 0 Å². The predicted molar refractivity (Wildman–Crippen MR) is 82.4 cm³/mol. The topological polar surface area (TPSA) is 65.1 Å². The van der Waals surface area contributed by atoms with Crippen molar-refractivity contribution >= 4 is 11.9 Å². The molecule has 0 spiro atoms. The summed E-state index contributed by atoms with van der Waals surface area (Å²) in [7, 11) is 0. The molecule has 0 amide bonds. The Morgan fingerprint density at radius 2 is 1.73 bits per heavy atom. The van der Waals surface area contributed by atoms with Crippen LogP contribution >= 0.6 is 0 Å². The predicted octanol–water partition coefficient (Wildman–Crippen LogP) is 1.40. The number of hydrogen-bond acceptors (Lipinski definition) is 6. The summed E-state index contributed by atoms with van der Waals surface area (Å²) >= 11 is 0. The average Bonchev–Trinajstić information content (AvgIpc) is 2.53. The minimum absolute atomic E-state index is 0.312. The molecule has 0 aliphatic carbocycles. The number of carbonyl (C=O) groups is 2. The molecule has 1 atom stereocenters. The van der Waals surface area contributed by atoms with Crippen molar-refractivity contribution in [1.29, 1.82) is 0 Å². The van der Waals surface area contributed by atoms with Crippen molar-refractivity contribution in [1.82, 2.24) is 4.90 Å². The molecule has 1 heterocycles.